The molecule has 0 atom stereocenters. The molecule has 0 saturated heterocycles. The van der Waals surface area contributed by atoms with Crippen LogP contribution in [0, 0.1) is 0 Å². The SMILES string of the molecule is CCCOC(=O)c1ccc(NC(=O)COC(=O)c2ccccc2-c2ccccc2)cc1. The lowest BCUT2D eigenvalue weighted by Crippen LogP contribution is -2.21. The third-order valence-corrected chi connectivity index (χ3v) is 4.41. The fourth-order valence-electron chi connectivity index (χ4n) is 2.90. The van der Waals surface area contributed by atoms with Gasteiger partial charge in [0.15, 0.2) is 6.61 Å². The Morgan fingerprint density at radius 3 is 2.16 bits per heavy atom. The van der Waals surface area contributed by atoms with Crippen LogP contribution >= 0.6 is 0 Å². The topological polar surface area (TPSA) is 81.7 Å². The zero-order chi connectivity index (χ0) is 22.1. The van der Waals surface area contributed by atoms with E-state index in [4.69, 9.17) is 9.47 Å². The van der Waals surface area contributed by atoms with Gasteiger partial charge in [0.2, 0.25) is 0 Å². The summed E-state index contributed by atoms with van der Waals surface area (Å²) in [6.45, 7) is 1.84. The zero-order valence-corrected chi connectivity index (χ0v) is 17.2. The van der Waals surface area contributed by atoms with Crippen LogP contribution in [0.15, 0.2) is 78.9 Å². The Morgan fingerprint density at radius 1 is 0.774 bits per heavy atom. The van der Waals surface area contributed by atoms with Gasteiger partial charge in [0.25, 0.3) is 5.91 Å². The molecule has 6 heteroatoms. The number of hydrogen-bond donors (Lipinski definition) is 1. The van der Waals surface area contributed by atoms with E-state index in [0.717, 1.165) is 17.5 Å². The highest BCUT2D eigenvalue weighted by atomic mass is 16.5. The van der Waals surface area contributed by atoms with E-state index < -0.39 is 24.5 Å². The second-order valence-electron chi connectivity index (χ2n) is 6.75. The van der Waals surface area contributed by atoms with E-state index in [-0.39, 0.29) is 0 Å². The summed E-state index contributed by atoms with van der Waals surface area (Å²) in [5.74, 6) is -1.47. The van der Waals surface area contributed by atoms with Gasteiger partial charge in [-0.05, 0) is 47.9 Å². The Balaban J connectivity index is 1.57. The summed E-state index contributed by atoms with van der Waals surface area (Å²) in [5.41, 5.74) is 2.89. The molecule has 1 amide bonds. The maximum atomic E-state index is 12.5. The standard InChI is InChI=1S/C25H23NO5/c1-2-16-30-24(28)19-12-14-20(15-13-19)26-23(27)17-31-25(29)22-11-7-6-10-21(22)18-8-4-3-5-9-18/h3-15H,2,16-17H2,1H3,(H,26,27). The average Bonchev–Trinajstić information content (AvgIpc) is 2.82. The second kappa shape index (κ2) is 10.7. The van der Waals surface area contributed by atoms with Crippen molar-refractivity contribution in [2.75, 3.05) is 18.5 Å². The minimum Gasteiger partial charge on any atom is -0.462 e. The van der Waals surface area contributed by atoms with Crippen LogP contribution in [-0.4, -0.2) is 31.1 Å². The average molecular weight is 417 g/mol. The van der Waals surface area contributed by atoms with Crippen LogP contribution in [0.5, 0.6) is 0 Å². The molecule has 1 N–H and O–H groups in total. The van der Waals surface area contributed by atoms with Crippen LogP contribution in [0.25, 0.3) is 11.1 Å². The summed E-state index contributed by atoms with van der Waals surface area (Å²) in [4.78, 5) is 36.5. The van der Waals surface area contributed by atoms with Crippen LogP contribution in [0.2, 0.25) is 0 Å². The van der Waals surface area contributed by atoms with Crippen molar-refractivity contribution in [3.63, 3.8) is 0 Å². The number of ether oxygens (including phenoxy) is 2. The number of carbonyl (C=O) groups is 3. The third kappa shape index (κ3) is 6.02. The van der Waals surface area contributed by atoms with Crippen LogP contribution in [0.3, 0.4) is 0 Å². The molecule has 0 bridgehead atoms. The summed E-state index contributed by atoms with van der Waals surface area (Å²) < 4.78 is 10.3. The van der Waals surface area contributed by atoms with Crippen molar-refractivity contribution in [1.82, 2.24) is 0 Å². The molecule has 3 rings (SSSR count). The highest BCUT2D eigenvalue weighted by Crippen LogP contribution is 2.24. The van der Waals surface area contributed by atoms with Gasteiger partial charge in [-0.3, -0.25) is 4.79 Å². The number of esters is 2. The molecule has 0 heterocycles. The molecule has 31 heavy (non-hydrogen) atoms. The lowest BCUT2D eigenvalue weighted by Gasteiger charge is -2.10. The molecule has 0 fully saturated rings. The van der Waals surface area contributed by atoms with E-state index in [1.165, 1.54) is 0 Å². The molecular weight excluding hydrogens is 394 g/mol. The highest BCUT2D eigenvalue weighted by Gasteiger charge is 2.15. The smallest absolute Gasteiger partial charge is 0.339 e. The molecule has 0 spiro atoms. The Bertz CT molecular complexity index is 1050. The lowest BCUT2D eigenvalue weighted by molar-refractivity contribution is -0.119. The molecule has 6 nitrogen and oxygen atoms in total. The van der Waals surface area contributed by atoms with Gasteiger partial charge in [0, 0.05) is 5.69 Å². The number of hydrogen-bond acceptors (Lipinski definition) is 5. The Labute approximate surface area is 180 Å². The highest BCUT2D eigenvalue weighted by molar-refractivity contribution is 5.99. The van der Waals surface area contributed by atoms with E-state index in [1.807, 2.05) is 49.4 Å². The first-order valence-corrected chi connectivity index (χ1v) is 9.97. The van der Waals surface area contributed by atoms with Gasteiger partial charge >= 0.3 is 11.9 Å². The summed E-state index contributed by atoms with van der Waals surface area (Å²) >= 11 is 0. The van der Waals surface area contributed by atoms with Crippen LogP contribution in [0.4, 0.5) is 5.69 Å². The molecule has 3 aromatic carbocycles. The molecule has 158 valence electrons. The number of amides is 1. The first-order chi connectivity index (χ1) is 15.1. The first kappa shape index (κ1) is 21.8. The molecular formula is C25H23NO5. The number of carbonyl (C=O) groups excluding carboxylic acids is 3. The molecule has 0 aliphatic carbocycles. The molecule has 0 aliphatic rings. The van der Waals surface area contributed by atoms with Gasteiger partial charge < -0.3 is 14.8 Å². The Hall–Kier alpha value is -3.93. The molecule has 0 unspecified atom stereocenters. The first-order valence-electron chi connectivity index (χ1n) is 9.97. The number of benzene rings is 3. The van der Waals surface area contributed by atoms with Crippen LogP contribution in [-0.2, 0) is 14.3 Å². The molecule has 0 radical (unpaired) electrons. The summed E-state index contributed by atoms with van der Waals surface area (Å²) in [7, 11) is 0. The Morgan fingerprint density at radius 2 is 1.45 bits per heavy atom. The fraction of sp³-hybridized carbons (Fsp3) is 0.160. The van der Waals surface area contributed by atoms with Crippen molar-refractivity contribution in [1.29, 1.82) is 0 Å². The maximum absolute atomic E-state index is 12.5. The van der Waals surface area contributed by atoms with E-state index >= 15 is 0 Å². The normalized spacial score (nSPS) is 10.2. The van der Waals surface area contributed by atoms with Gasteiger partial charge in [-0.1, -0.05) is 55.5 Å². The summed E-state index contributed by atoms with van der Waals surface area (Å²) in [6, 6.07) is 22.9. The molecule has 0 saturated carbocycles. The third-order valence-electron chi connectivity index (χ3n) is 4.41. The predicted octanol–water partition coefficient (Wildman–Crippen LogP) is 4.72. The van der Waals surface area contributed by atoms with Gasteiger partial charge in [-0.15, -0.1) is 0 Å². The minimum atomic E-state index is -0.580. The largest absolute Gasteiger partial charge is 0.462 e. The number of anilines is 1. The summed E-state index contributed by atoms with van der Waals surface area (Å²) in [5, 5.41) is 2.64. The monoisotopic (exact) mass is 417 g/mol. The fourth-order valence-corrected chi connectivity index (χ4v) is 2.90. The van der Waals surface area contributed by atoms with Crippen molar-refractivity contribution in [2.45, 2.75) is 13.3 Å². The van der Waals surface area contributed by atoms with E-state index in [2.05, 4.69) is 5.32 Å². The van der Waals surface area contributed by atoms with Gasteiger partial charge in [-0.2, -0.15) is 0 Å². The summed E-state index contributed by atoms with van der Waals surface area (Å²) in [6.07, 6.45) is 0.744. The second-order valence-corrected chi connectivity index (χ2v) is 6.75. The van der Waals surface area contributed by atoms with Crippen LogP contribution < -0.4 is 5.32 Å². The van der Waals surface area contributed by atoms with E-state index in [1.54, 1.807) is 36.4 Å². The van der Waals surface area contributed by atoms with Gasteiger partial charge in [-0.25, -0.2) is 9.59 Å². The molecule has 0 aliphatic heterocycles. The van der Waals surface area contributed by atoms with Crippen molar-refractivity contribution >= 4 is 23.5 Å². The van der Waals surface area contributed by atoms with Crippen LogP contribution in [0.1, 0.15) is 34.1 Å². The number of nitrogens with one attached hydrogen (secondary N) is 1. The Kier molecular flexibility index (Phi) is 7.54. The van der Waals surface area contributed by atoms with Crippen molar-refractivity contribution < 1.29 is 23.9 Å². The van der Waals surface area contributed by atoms with Crippen molar-refractivity contribution in [2.24, 2.45) is 0 Å². The van der Waals surface area contributed by atoms with Gasteiger partial charge in [0.1, 0.15) is 0 Å². The minimum absolute atomic E-state index is 0.357. The van der Waals surface area contributed by atoms with Crippen molar-refractivity contribution in [3.8, 4) is 11.1 Å². The van der Waals surface area contributed by atoms with E-state index in [9.17, 15) is 14.4 Å². The van der Waals surface area contributed by atoms with Crippen molar-refractivity contribution in [3.05, 3.63) is 90.0 Å². The maximum Gasteiger partial charge on any atom is 0.339 e. The van der Waals surface area contributed by atoms with E-state index in [0.29, 0.717) is 23.4 Å². The predicted molar refractivity (Wildman–Crippen MR) is 118 cm³/mol. The zero-order valence-electron chi connectivity index (χ0n) is 17.2. The quantitative estimate of drug-likeness (QED) is 0.537. The molecule has 0 aromatic heterocycles. The lowest BCUT2D eigenvalue weighted by atomic mass is 10.00. The van der Waals surface area contributed by atoms with Gasteiger partial charge in [0.05, 0.1) is 17.7 Å². The number of rotatable bonds is 8. The molecule has 3 aromatic rings.